The van der Waals surface area contributed by atoms with Crippen molar-refractivity contribution in [1.29, 1.82) is 0 Å². The highest BCUT2D eigenvalue weighted by molar-refractivity contribution is 7.88. The normalized spacial score (nSPS) is 11.9. The number of hydrogen-bond acceptors (Lipinski definition) is 2. The summed E-state index contributed by atoms with van der Waals surface area (Å²) in [6.07, 6.45) is 0.487. The van der Waals surface area contributed by atoms with E-state index >= 15 is 0 Å². The molecule has 1 aromatic heterocycles. The average Bonchev–Trinajstić information content (AvgIpc) is 3.28. The minimum atomic E-state index is -3.64. The third kappa shape index (κ3) is 6.09. The molecule has 0 spiro atoms. The molecule has 4 nitrogen and oxygen atoms in total. The average molecular weight is 612 g/mol. The number of halogens is 3. The van der Waals surface area contributed by atoms with E-state index in [1.54, 1.807) is 13.0 Å². The predicted octanol–water partition coefficient (Wildman–Crippen LogP) is 8.52. The lowest BCUT2D eigenvalue weighted by molar-refractivity contribution is 0.578. The summed E-state index contributed by atoms with van der Waals surface area (Å²) in [6.45, 7) is 3.88. The fourth-order valence-electron chi connectivity index (χ4n) is 5.27. The van der Waals surface area contributed by atoms with Crippen LogP contribution < -0.4 is 4.72 Å². The molecule has 0 aliphatic carbocycles. The van der Waals surface area contributed by atoms with Crippen LogP contribution in [0.5, 0.6) is 0 Å². The molecule has 0 aliphatic rings. The molecular weight excluding hydrogens is 583 g/mol. The van der Waals surface area contributed by atoms with Crippen LogP contribution in [0.2, 0.25) is 15.1 Å². The standard InChI is InChI=1S/C32H29Cl3N2O2S/c1-21-17-29(34)31(35)22(2)28(21)20-40(38,39)36-16-15-27-19-25-18-26(33)13-14-30(25)37(27)32(23-9-5-3-6-10-23)24-11-7-4-8-12-24/h3-14,17-19,32,36H,15-16,20H2,1-2H3. The van der Waals surface area contributed by atoms with Crippen molar-refractivity contribution in [1.82, 2.24) is 9.29 Å². The Hall–Kier alpha value is -2.80. The van der Waals surface area contributed by atoms with Crippen molar-refractivity contribution in [2.75, 3.05) is 6.54 Å². The first-order valence-electron chi connectivity index (χ1n) is 13.0. The van der Waals surface area contributed by atoms with E-state index in [2.05, 4.69) is 39.6 Å². The van der Waals surface area contributed by atoms with Gasteiger partial charge in [-0.25, -0.2) is 13.1 Å². The molecule has 0 saturated heterocycles. The highest BCUT2D eigenvalue weighted by atomic mass is 35.5. The number of fused-ring (bicyclic) bond motifs is 1. The fourth-order valence-corrected chi connectivity index (χ4v) is 7.26. The predicted molar refractivity (Wildman–Crippen MR) is 167 cm³/mol. The second kappa shape index (κ2) is 12.0. The monoisotopic (exact) mass is 610 g/mol. The molecule has 0 amide bonds. The zero-order valence-electron chi connectivity index (χ0n) is 22.2. The molecule has 40 heavy (non-hydrogen) atoms. The Morgan fingerprint density at radius 1 is 0.825 bits per heavy atom. The lowest BCUT2D eigenvalue weighted by Gasteiger charge is -2.24. The van der Waals surface area contributed by atoms with Gasteiger partial charge in [0.15, 0.2) is 0 Å². The highest BCUT2D eigenvalue weighted by Crippen LogP contribution is 2.35. The summed E-state index contributed by atoms with van der Waals surface area (Å²) in [7, 11) is -3.64. The maximum atomic E-state index is 13.2. The van der Waals surface area contributed by atoms with E-state index in [-0.39, 0.29) is 18.3 Å². The Balaban J connectivity index is 1.48. The maximum Gasteiger partial charge on any atom is 0.215 e. The van der Waals surface area contributed by atoms with Crippen molar-refractivity contribution in [2.45, 2.75) is 32.1 Å². The van der Waals surface area contributed by atoms with E-state index in [1.165, 1.54) is 0 Å². The molecule has 0 radical (unpaired) electrons. The topological polar surface area (TPSA) is 51.1 Å². The second-order valence-corrected chi connectivity index (χ2v) is 13.0. The summed E-state index contributed by atoms with van der Waals surface area (Å²) < 4.78 is 31.4. The molecule has 0 bridgehead atoms. The molecule has 0 atom stereocenters. The summed E-state index contributed by atoms with van der Waals surface area (Å²) in [5, 5.41) is 2.46. The zero-order chi connectivity index (χ0) is 28.4. The van der Waals surface area contributed by atoms with Gasteiger partial charge in [-0.3, -0.25) is 0 Å². The third-order valence-corrected chi connectivity index (χ3v) is 9.65. The van der Waals surface area contributed by atoms with Gasteiger partial charge in [-0.1, -0.05) is 95.5 Å². The van der Waals surface area contributed by atoms with Crippen LogP contribution >= 0.6 is 34.8 Å². The Morgan fingerprint density at radius 3 is 2.08 bits per heavy atom. The Labute approximate surface area is 250 Å². The van der Waals surface area contributed by atoms with Crippen LogP contribution in [0.15, 0.2) is 91.0 Å². The van der Waals surface area contributed by atoms with Gasteiger partial charge >= 0.3 is 0 Å². The van der Waals surface area contributed by atoms with E-state index in [1.807, 2.05) is 61.5 Å². The lowest BCUT2D eigenvalue weighted by atomic mass is 9.98. The van der Waals surface area contributed by atoms with Crippen LogP contribution in [0.1, 0.15) is 39.6 Å². The van der Waals surface area contributed by atoms with E-state index in [9.17, 15) is 8.42 Å². The molecule has 0 saturated carbocycles. The van der Waals surface area contributed by atoms with Crippen LogP contribution in [0.4, 0.5) is 0 Å². The fraction of sp³-hybridized carbons (Fsp3) is 0.188. The van der Waals surface area contributed by atoms with E-state index < -0.39 is 10.0 Å². The maximum absolute atomic E-state index is 13.2. The van der Waals surface area contributed by atoms with E-state index in [0.717, 1.165) is 33.3 Å². The lowest BCUT2D eigenvalue weighted by Crippen LogP contribution is -2.28. The second-order valence-electron chi connectivity index (χ2n) is 9.93. The summed E-state index contributed by atoms with van der Waals surface area (Å²) in [5.74, 6) is -0.170. The van der Waals surface area contributed by atoms with Crippen molar-refractivity contribution in [3.63, 3.8) is 0 Å². The van der Waals surface area contributed by atoms with E-state index in [0.29, 0.717) is 32.6 Å². The molecular formula is C32H29Cl3N2O2S. The van der Waals surface area contributed by atoms with Gasteiger partial charge in [0.05, 0.1) is 21.8 Å². The first-order chi connectivity index (χ1) is 19.1. The summed E-state index contributed by atoms with van der Waals surface area (Å²) in [5.41, 5.74) is 6.44. The zero-order valence-corrected chi connectivity index (χ0v) is 25.2. The Bertz CT molecular complexity index is 1730. The highest BCUT2D eigenvalue weighted by Gasteiger charge is 2.23. The number of sulfonamides is 1. The van der Waals surface area contributed by atoms with Crippen LogP contribution in [0.25, 0.3) is 10.9 Å². The van der Waals surface area contributed by atoms with Crippen molar-refractivity contribution in [3.05, 3.63) is 140 Å². The van der Waals surface area contributed by atoms with Gasteiger partial charge in [0.25, 0.3) is 0 Å². The van der Waals surface area contributed by atoms with Crippen molar-refractivity contribution < 1.29 is 8.42 Å². The molecule has 5 aromatic rings. The molecule has 0 aliphatic heterocycles. The molecule has 1 heterocycles. The molecule has 206 valence electrons. The largest absolute Gasteiger partial charge is 0.333 e. The van der Waals surface area contributed by atoms with E-state index in [4.69, 9.17) is 34.8 Å². The van der Waals surface area contributed by atoms with Gasteiger partial charge < -0.3 is 4.57 Å². The number of benzene rings is 4. The summed E-state index contributed by atoms with van der Waals surface area (Å²) >= 11 is 18.8. The minimum absolute atomic E-state index is 0.103. The van der Waals surface area contributed by atoms with Crippen molar-refractivity contribution >= 4 is 55.7 Å². The molecule has 8 heteroatoms. The first kappa shape index (κ1) is 28.7. The Kier molecular flexibility index (Phi) is 8.60. The molecule has 0 unspecified atom stereocenters. The molecule has 5 rings (SSSR count). The SMILES string of the molecule is Cc1cc(Cl)c(Cl)c(C)c1CS(=O)(=O)NCCc1cc2cc(Cl)ccc2n1C(c1ccccc1)c1ccccc1. The minimum Gasteiger partial charge on any atom is -0.333 e. The molecule has 4 aromatic carbocycles. The number of nitrogens with zero attached hydrogens (tertiary/aromatic N) is 1. The van der Waals surface area contributed by atoms with Crippen LogP contribution in [0, 0.1) is 13.8 Å². The van der Waals surface area contributed by atoms with Crippen LogP contribution in [-0.4, -0.2) is 19.5 Å². The van der Waals surface area contributed by atoms with Crippen molar-refractivity contribution in [3.8, 4) is 0 Å². The first-order valence-corrected chi connectivity index (χ1v) is 15.7. The number of rotatable bonds is 9. The van der Waals surface area contributed by atoms with Crippen LogP contribution in [0.3, 0.4) is 0 Å². The number of nitrogens with one attached hydrogen (secondary N) is 1. The number of aromatic nitrogens is 1. The number of aryl methyl sites for hydroxylation is 1. The van der Waals surface area contributed by atoms with Gasteiger partial charge in [0.2, 0.25) is 10.0 Å². The summed E-state index contributed by atoms with van der Waals surface area (Å²) in [6, 6.07) is 30.2. The number of hydrogen-bond donors (Lipinski definition) is 1. The van der Waals surface area contributed by atoms with Crippen molar-refractivity contribution in [2.24, 2.45) is 0 Å². The van der Waals surface area contributed by atoms with Gasteiger partial charge in [0, 0.05) is 34.6 Å². The Morgan fingerprint density at radius 2 is 1.45 bits per heavy atom. The van der Waals surface area contributed by atoms with Gasteiger partial charge in [-0.15, -0.1) is 0 Å². The smallest absolute Gasteiger partial charge is 0.215 e. The molecule has 0 fully saturated rings. The third-order valence-electron chi connectivity index (χ3n) is 7.22. The van der Waals surface area contributed by atoms with Gasteiger partial charge in [0.1, 0.15) is 0 Å². The quantitative estimate of drug-likeness (QED) is 0.182. The molecule has 1 N–H and O–H groups in total. The summed E-state index contributed by atoms with van der Waals surface area (Å²) in [4.78, 5) is 0. The van der Waals surface area contributed by atoms with Gasteiger partial charge in [-0.2, -0.15) is 0 Å². The van der Waals surface area contributed by atoms with Gasteiger partial charge in [-0.05, 0) is 72.0 Å². The van der Waals surface area contributed by atoms with Crippen LogP contribution in [-0.2, 0) is 22.2 Å².